The Kier molecular flexibility index (Phi) is 8.77. The molecule has 4 aromatic carbocycles. The fourth-order valence-corrected chi connectivity index (χ4v) is 10.1. The molecule has 0 saturated carbocycles. The molecular weight excluding hydrogens is 809 g/mol. The summed E-state index contributed by atoms with van der Waals surface area (Å²) in [5.41, 5.74) is 5.15. The predicted molar refractivity (Wildman–Crippen MR) is 228 cm³/mol. The highest BCUT2D eigenvalue weighted by atomic mass is 16.7. The number of carbonyl (C=O) groups excluding carboxylic acids is 2. The third-order valence-electron chi connectivity index (χ3n) is 13.2. The summed E-state index contributed by atoms with van der Waals surface area (Å²) in [7, 11) is 2.92. The minimum Gasteiger partial charge on any atom is -0.502 e. The second-order valence-electron chi connectivity index (χ2n) is 16.3. The van der Waals surface area contributed by atoms with Gasteiger partial charge >= 0.3 is 11.9 Å². The average Bonchev–Trinajstić information content (AvgIpc) is 4.03. The van der Waals surface area contributed by atoms with Crippen molar-refractivity contribution in [2.24, 2.45) is 16.8 Å². The van der Waals surface area contributed by atoms with E-state index in [0.29, 0.717) is 45.3 Å². The topological polar surface area (TPSA) is 189 Å². The molecular formula is C48H40N4O11. The Balaban J connectivity index is 1.01. The number of anilines is 1. The first-order valence-electron chi connectivity index (χ1n) is 20.6. The number of nitrogens with zero attached hydrogens (tertiary/aromatic N) is 3. The van der Waals surface area contributed by atoms with E-state index in [0.717, 1.165) is 27.6 Å². The molecule has 1 saturated heterocycles. The van der Waals surface area contributed by atoms with Crippen LogP contribution in [-0.2, 0) is 37.8 Å². The maximum absolute atomic E-state index is 14.0. The number of ether oxygens (including phenoxy) is 6. The lowest BCUT2D eigenvalue weighted by Crippen LogP contribution is -2.44. The van der Waals surface area contributed by atoms with Crippen molar-refractivity contribution in [1.29, 1.82) is 0 Å². The van der Waals surface area contributed by atoms with Gasteiger partial charge in [-0.05, 0) is 71.6 Å². The highest BCUT2D eigenvalue weighted by molar-refractivity contribution is 6.03. The molecule has 63 heavy (non-hydrogen) atoms. The zero-order valence-corrected chi connectivity index (χ0v) is 34.3. The molecule has 2 aromatic heterocycles. The Morgan fingerprint density at radius 1 is 0.921 bits per heavy atom. The van der Waals surface area contributed by atoms with E-state index in [2.05, 4.69) is 5.32 Å². The molecule has 6 heterocycles. The molecule has 0 amide bonds. The lowest BCUT2D eigenvalue weighted by atomic mass is 9.65. The number of hydrogen-bond donors (Lipinski definition) is 3. The summed E-state index contributed by atoms with van der Waals surface area (Å²) < 4.78 is 35.6. The van der Waals surface area contributed by atoms with E-state index in [1.807, 2.05) is 60.7 Å². The first-order chi connectivity index (χ1) is 30.6. The number of pyridine rings is 2. The van der Waals surface area contributed by atoms with Gasteiger partial charge in [-0.2, -0.15) is 0 Å². The van der Waals surface area contributed by atoms with Gasteiger partial charge in [0, 0.05) is 40.1 Å². The Labute approximate surface area is 359 Å². The number of para-hydroxylation sites is 3. The molecule has 11 rings (SSSR count). The van der Waals surface area contributed by atoms with Gasteiger partial charge in [0.25, 0.3) is 5.56 Å². The summed E-state index contributed by atoms with van der Waals surface area (Å²) in [5, 5.41) is 26.8. The molecule has 1 aliphatic carbocycles. The number of phenolic OH excluding ortho intramolecular Hbond substituents is 1. The van der Waals surface area contributed by atoms with Crippen LogP contribution in [0, 0.1) is 11.8 Å². The molecule has 6 aromatic rings. The van der Waals surface area contributed by atoms with E-state index < -0.39 is 29.4 Å². The van der Waals surface area contributed by atoms with Crippen LogP contribution >= 0.6 is 0 Å². The van der Waals surface area contributed by atoms with Gasteiger partial charge in [-0.15, -0.1) is 0 Å². The van der Waals surface area contributed by atoms with Gasteiger partial charge in [-0.1, -0.05) is 37.3 Å². The molecule has 5 atom stereocenters. The average molecular weight is 849 g/mol. The van der Waals surface area contributed by atoms with Gasteiger partial charge in [0.15, 0.2) is 28.6 Å². The van der Waals surface area contributed by atoms with Crippen molar-refractivity contribution in [3.63, 3.8) is 0 Å². The fourth-order valence-electron chi connectivity index (χ4n) is 10.1. The van der Waals surface area contributed by atoms with Crippen molar-refractivity contribution in [1.82, 2.24) is 9.55 Å². The zero-order valence-electron chi connectivity index (χ0n) is 34.3. The van der Waals surface area contributed by atoms with Crippen molar-refractivity contribution >= 4 is 40.4 Å². The normalized spacial score (nSPS) is 22.5. The number of fused-ring (bicyclic) bond motifs is 8. The van der Waals surface area contributed by atoms with Gasteiger partial charge in [-0.3, -0.25) is 14.6 Å². The number of esters is 2. The third kappa shape index (κ3) is 5.72. The van der Waals surface area contributed by atoms with Crippen molar-refractivity contribution < 1.29 is 48.2 Å². The number of carbonyl (C=O) groups is 2. The second-order valence-corrected chi connectivity index (χ2v) is 16.3. The summed E-state index contributed by atoms with van der Waals surface area (Å²) in [4.78, 5) is 50.8. The van der Waals surface area contributed by atoms with Crippen LogP contribution in [0.5, 0.6) is 28.7 Å². The molecule has 3 N–H and O–H groups in total. The highest BCUT2D eigenvalue weighted by Crippen LogP contribution is 2.56. The number of hydrogen-bond acceptors (Lipinski definition) is 14. The number of aromatic nitrogens is 2. The summed E-state index contributed by atoms with van der Waals surface area (Å²) in [6.45, 7) is 1.85. The Bertz CT molecular complexity index is 3030. The number of rotatable bonds is 8. The Hall–Kier alpha value is -7.39. The van der Waals surface area contributed by atoms with Crippen molar-refractivity contribution in [2.75, 3.05) is 32.9 Å². The van der Waals surface area contributed by atoms with Gasteiger partial charge in [-0.25, -0.2) is 9.78 Å². The van der Waals surface area contributed by atoms with Crippen LogP contribution in [0.4, 0.5) is 11.4 Å². The predicted octanol–water partition coefficient (Wildman–Crippen LogP) is 6.37. The maximum Gasteiger partial charge on any atom is 0.343 e. The summed E-state index contributed by atoms with van der Waals surface area (Å²) in [6, 6.07) is 23.9. The summed E-state index contributed by atoms with van der Waals surface area (Å²) in [5.74, 6) is -1.24. The first kappa shape index (κ1) is 38.5. The summed E-state index contributed by atoms with van der Waals surface area (Å²) in [6.07, 6.45) is 1.82. The Morgan fingerprint density at radius 2 is 1.65 bits per heavy atom. The third-order valence-corrected chi connectivity index (χ3v) is 13.2. The fraction of sp³-hybridized carbons (Fsp3) is 0.271. The molecule has 15 heteroatoms. The van der Waals surface area contributed by atoms with E-state index in [1.165, 1.54) is 14.2 Å². The zero-order chi connectivity index (χ0) is 43.3. The number of aliphatic imine (C=N–C) groups is 1. The number of aliphatic hydroxyl groups is 1. The monoisotopic (exact) mass is 848 g/mol. The number of phenols is 1. The van der Waals surface area contributed by atoms with Crippen molar-refractivity contribution in [3.05, 3.63) is 128 Å². The second kappa shape index (κ2) is 14.3. The standard InChI is InChI=1S/C48H40N4O11/c1-4-48(57)31-17-35-43-28(19-52(35)45(54)29(31)20-61-47(48)56)27(24-9-5-6-10-32(24)50-43)18-49-33-11-7-8-12-34(33)51-42-26-16-37-36(62-22-63-37)15-25(26)40(41-30(42)21-60-46(41)55)23-13-38(58-2)44(53)39(14-23)59-3/h5-18,30,40-42,51,53,57H,4,19-22H2,1-3H3/t30?,40-,41+,42-,48+/m1/s1. The van der Waals surface area contributed by atoms with Gasteiger partial charge < -0.3 is 48.5 Å². The summed E-state index contributed by atoms with van der Waals surface area (Å²) >= 11 is 0. The van der Waals surface area contributed by atoms with Crippen LogP contribution in [0.1, 0.15) is 64.2 Å². The molecule has 0 bridgehead atoms. The van der Waals surface area contributed by atoms with Crippen LogP contribution < -0.4 is 29.8 Å². The van der Waals surface area contributed by atoms with Crippen LogP contribution in [0.15, 0.2) is 88.6 Å². The molecule has 1 unspecified atom stereocenters. The SMILES string of the molecule is CC[C@@]1(O)C(=O)OCc2c1cc1n(c2=O)Cc2c-1nc1ccccc1c2C=Nc1ccccc1N[C@@H]1c2cc3c(cc2[C@@H](c2cc(OC)c(O)c(OC)c2)[C@H]2C(=O)OCC12)OCO3. The molecule has 5 aliphatic rings. The van der Waals surface area contributed by atoms with Crippen LogP contribution in [0.2, 0.25) is 0 Å². The minimum atomic E-state index is -1.95. The molecule has 15 nitrogen and oxygen atoms in total. The van der Waals surface area contributed by atoms with Gasteiger partial charge in [0.1, 0.15) is 6.61 Å². The first-order valence-corrected chi connectivity index (χ1v) is 20.6. The molecule has 318 valence electrons. The van der Waals surface area contributed by atoms with Crippen LogP contribution in [0.25, 0.3) is 22.3 Å². The number of cyclic esters (lactones) is 2. The molecule has 4 aliphatic heterocycles. The maximum atomic E-state index is 14.0. The van der Waals surface area contributed by atoms with Gasteiger partial charge in [0.05, 0.1) is 73.2 Å². The molecule has 1 fully saturated rings. The molecule has 0 spiro atoms. The number of nitrogens with one attached hydrogen (secondary N) is 1. The van der Waals surface area contributed by atoms with E-state index in [-0.39, 0.29) is 78.8 Å². The van der Waals surface area contributed by atoms with Crippen molar-refractivity contribution in [2.45, 2.75) is 44.1 Å². The highest BCUT2D eigenvalue weighted by Gasteiger charge is 2.53. The van der Waals surface area contributed by atoms with Gasteiger partial charge in [0.2, 0.25) is 12.5 Å². The largest absolute Gasteiger partial charge is 0.502 e. The molecule has 0 radical (unpaired) electrons. The van der Waals surface area contributed by atoms with Crippen molar-refractivity contribution in [3.8, 4) is 40.1 Å². The van der Waals surface area contributed by atoms with E-state index in [1.54, 1.807) is 35.9 Å². The number of benzene rings is 4. The van der Waals surface area contributed by atoms with E-state index in [9.17, 15) is 24.6 Å². The van der Waals surface area contributed by atoms with Crippen LogP contribution in [0.3, 0.4) is 0 Å². The Morgan fingerprint density at radius 3 is 2.41 bits per heavy atom. The quantitative estimate of drug-likeness (QED) is 0.113. The number of aromatic hydroxyl groups is 1. The lowest BCUT2D eigenvalue weighted by Gasteiger charge is -2.40. The minimum absolute atomic E-state index is 0.0378. The number of methoxy groups -OCH3 is 2. The van der Waals surface area contributed by atoms with E-state index in [4.69, 9.17) is 38.4 Å². The lowest BCUT2D eigenvalue weighted by molar-refractivity contribution is -0.172. The van der Waals surface area contributed by atoms with Crippen LogP contribution in [-0.4, -0.2) is 65.5 Å². The smallest absolute Gasteiger partial charge is 0.343 e. The van der Waals surface area contributed by atoms with E-state index >= 15 is 0 Å².